The highest BCUT2D eigenvalue weighted by Crippen LogP contribution is 2.18. The van der Waals surface area contributed by atoms with Crippen LogP contribution in [-0.2, 0) is 4.79 Å². The highest BCUT2D eigenvalue weighted by molar-refractivity contribution is 7.99. The van der Waals surface area contributed by atoms with Crippen LogP contribution >= 0.6 is 11.8 Å². The normalized spacial score (nSPS) is 16.3. The van der Waals surface area contributed by atoms with Gasteiger partial charge >= 0.3 is 0 Å². The van der Waals surface area contributed by atoms with Crippen molar-refractivity contribution in [2.24, 2.45) is 0 Å². The zero-order valence-electron chi connectivity index (χ0n) is 14.9. The lowest BCUT2D eigenvalue weighted by Crippen LogP contribution is -2.46. The first kappa shape index (κ1) is 17.7. The van der Waals surface area contributed by atoms with Gasteiger partial charge in [-0.2, -0.15) is 16.9 Å². The summed E-state index contributed by atoms with van der Waals surface area (Å²) in [4.78, 5) is 33.2. The molecule has 1 unspecified atom stereocenters. The minimum absolute atomic E-state index is 0.00705. The zero-order chi connectivity index (χ0) is 18.8. The van der Waals surface area contributed by atoms with Crippen LogP contribution in [0.2, 0.25) is 0 Å². The Labute approximate surface area is 160 Å². The van der Waals surface area contributed by atoms with Gasteiger partial charge in [-0.25, -0.2) is 9.67 Å². The van der Waals surface area contributed by atoms with Crippen molar-refractivity contribution in [2.75, 3.05) is 29.9 Å². The Morgan fingerprint density at radius 2 is 2.00 bits per heavy atom. The summed E-state index contributed by atoms with van der Waals surface area (Å²) in [6.07, 6.45) is 2.85. The van der Waals surface area contributed by atoms with E-state index in [1.807, 2.05) is 43.0 Å². The number of hydrogen-bond acceptors (Lipinski definition) is 6. The number of carbonyl (C=O) groups is 1. The van der Waals surface area contributed by atoms with E-state index >= 15 is 0 Å². The van der Waals surface area contributed by atoms with Gasteiger partial charge in [-0.3, -0.25) is 14.5 Å². The summed E-state index contributed by atoms with van der Waals surface area (Å²) >= 11 is 1.93. The first-order valence-corrected chi connectivity index (χ1v) is 9.93. The molecule has 1 aliphatic heterocycles. The molecule has 0 radical (unpaired) electrons. The van der Waals surface area contributed by atoms with E-state index in [-0.39, 0.29) is 17.5 Å². The number of thioether (sulfide) groups is 1. The second kappa shape index (κ2) is 7.53. The lowest BCUT2D eigenvalue weighted by Gasteiger charge is -2.31. The SMILES string of the molecule is CC(C(=O)Nc1ccc(-n2ncc3c(=O)[nH]cnc32)cc1)N1CCSCC1. The molecule has 1 saturated heterocycles. The van der Waals surface area contributed by atoms with E-state index in [4.69, 9.17) is 0 Å². The Balaban J connectivity index is 1.49. The predicted octanol–water partition coefficient (Wildman–Crippen LogP) is 1.48. The summed E-state index contributed by atoms with van der Waals surface area (Å²) in [5, 5.41) is 7.65. The van der Waals surface area contributed by atoms with E-state index < -0.39 is 0 Å². The summed E-state index contributed by atoms with van der Waals surface area (Å²) in [7, 11) is 0. The highest BCUT2D eigenvalue weighted by atomic mass is 32.2. The smallest absolute Gasteiger partial charge is 0.261 e. The fourth-order valence-electron chi connectivity index (χ4n) is 3.11. The molecular formula is C18H20N6O2S. The Morgan fingerprint density at radius 1 is 1.26 bits per heavy atom. The Hall–Kier alpha value is -2.65. The molecule has 3 heterocycles. The molecule has 8 nitrogen and oxygen atoms in total. The van der Waals surface area contributed by atoms with E-state index in [0.717, 1.165) is 36.0 Å². The number of carbonyl (C=O) groups excluding carboxylic acids is 1. The average Bonchev–Trinajstić information content (AvgIpc) is 3.14. The van der Waals surface area contributed by atoms with Crippen LogP contribution in [0.5, 0.6) is 0 Å². The van der Waals surface area contributed by atoms with E-state index in [9.17, 15) is 9.59 Å². The number of aromatic amines is 1. The zero-order valence-corrected chi connectivity index (χ0v) is 15.7. The van der Waals surface area contributed by atoms with Gasteiger partial charge in [0.2, 0.25) is 5.91 Å². The van der Waals surface area contributed by atoms with Crippen molar-refractivity contribution in [2.45, 2.75) is 13.0 Å². The molecule has 1 aliphatic rings. The van der Waals surface area contributed by atoms with Gasteiger partial charge in [0.1, 0.15) is 5.39 Å². The summed E-state index contributed by atoms with van der Waals surface area (Å²) in [5.41, 5.74) is 1.76. The van der Waals surface area contributed by atoms with Crippen LogP contribution in [0.3, 0.4) is 0 Å². The second-order valence-corrected chi connectivity index (χ2v) is 7.61. The average molecular weight is 384 g/mol. The van der Waals surface area contributed by atoms with Crippen LogP contribution in [0.15, 0.2) is 41.6 Å². The van der Waals surface area contributed by atoms with Crippen LogP contribution in [0.4, 0.5) is 5.69 Å². The number of nitrogens with one attached hydrogen (secondary N) is 2. The van der Waals surface area contributed by atoms with Crippen LogP contribution < -0.4 is 10.9 Å². The molecule has 27 heavy (non-hydrogen) atoms. The molecule has 1 amide bonds. The monoisotopic (exact) mass is 384 g/mol. The topological polar surface area (TPSA) is 95.9 Å². The first-order valence-electron chi connectivity index (χ1n) is 8.78. The summed E-state index contributed by atoms with van der Waals surface area (Å²) in [5.74, 6) is 2.13. The number of aromatic nitrogens is 4. The molecule has 0 aliphatic carbocycles. The van der Waals surface area contributed by atoms with Gasteiger partial charge in [-0.05, 0) is 31.2 Å². The van der Waals surface area contributed by atoms with Crippen LogP contribution in [0.25, 0.3) is 16.7 Å². The fraction of sp³-hybridized carbons (Fsp3) is 0.333. The van der Waals surface area contributed by atoms with E-state index in [0.29, 0.717) is 11.0 Å². The van der Waals surface area contributed by atoms with Crippen molar-refractivity contribution >= 4 is 34.4 Å². The van der Waals surface area contributed by atoms with Gasteiger partial charge in [-0.1, -0.05) is 0 Å². The van der Waals surface area contributed by atoms with E-state index in [1.54, 1.807) is 4.68 Å². The molecule has 0 bridgehead atoms. The number of hydrogen-bond donors (Lipinski definition) is 2. The molecule has 0 saturated carbocycles. The van der Waals surface area contributed by atoms with Gasteiger partial charge < -0.3 is 10.3 Å². The molecule has 4 rings (SSSR count). The third kappa shape index (κ3) is 3.60. The van der Waals surface area contributed by atoms with Crippen molar-refractivity contribution in [1.82, 2.24) is 24.6 Å². The molecule has 0 spiro atoms. The van der Waals surface area contributed by atoms with Crippen molar-refractivity contribution in [3.8, 4) is 5.69 Å². The van der Waals surface area contributed by atoms with Gasteiger partial charge in [-0.15, -0.1) is 0 Å². The van der Waals surface area contributed by atoms with Gasteiger partial charge in [0.15, 0.2) is 5.65 Å². The molecule has 2 N–H and O–H groups in total. The van der Waals surface area contributed by atoms with E-state index in [2.05, 4.69) is 25.3 Å². The largest absolute Gasteiger partial charge is 0.325 e. The maximum absolute atomic E-state index is 12.5. The minimum Gasteiger partial charge on any atom is -0.325 e. The van der Waals surface area contributed by atoms with Gasteiger partial charge in [0, 0.05) is 30.3 Å². The third-order valence-electron chi connectivity index (χ3n) is 4.72. The number of anilines is 1. The molecular weight excluding hydrogens is 364 g/mol. The number of H-pyrrole nitrogens is 1. The van der Waals surface area contributed by atoms with Crippen molar-refractivity contribution in [1.29, 1.82) is 0 Å². The molecule has 2 aromatic heterocycles. The first-order chi connectivity index (χ1) is 13.1. The third-order valence-corrected chi connectivity index (χ3v) is 5.67. The Bertz CT molecular complexity index is 1010. The Kier molecular flexibility index (Phi) is 4.95. The van der Waals surface area contributed by atoms with Gasteiger partial charge in [0.25, 0.3) is 5.56 Å². The summed E-state index contributed by atoms with van der Waals surface area (Å²) in [6.45, 7) is 3.83. The lowest BCUT2D eigenvalue weighted by molar-refractivity contribution is -0.120. The van der Waals surface area contributed by atoms with Crippen LogP contribution in [-0.4, -0.2) is 61.2 Å². The number of amides is 1. The summed E-state index contributed by atoms with van der Waals surface area (Å²) < 4.78 is 1.60. The second-order valence-electron chi connectivity index (χ2n) is 6.39. The molecule has 1 aromatic carbocycles. The lowest BCUT2D eigenvalue weighted by atomic mass is 10.2. The van der Waals surface area contributed by atoms with Crippen LogP contribution in [0, 0.1) is 0 Å². The molecule has 3 aromatic rings. The van der Waals surface area contributed by atoms with E-state index in [1.165, 1.54) is 12.5 Å². The van der Waals surface area contributed by atoms with Crippen molar-refractivity contribution in [3.63, 3.8) is 0 Å². The molecule has 1 fully saturated rings. The molecule has 1 atom stereocenters. The van der Waals surface area contributed by atoms with Crippen molar-refractivity contribution in [3.05, 3.63) is 47.1 Å². The number of benzene rings is 1. The maximum Gasteiger partial charge on any atom is 0.261 e. The molecule has 140 valence electrons. The maximum atomic E-state index is 12.5. The molecule has 9 heteroatoms. The minimum atomic E-state index is -0.222. The predicted molar refractivity (Wildman–Crippen MR) is 106 cm³/mol. The number of rotatable bonds is 4. The van der Waals surface area contributed by atoms with Crippen molar-refractivity contribution < 1.29 is 4.79 Å². The summed E-state index contributed by atoms with van der Waals surface area (Å²) in [6, 6.07) is 7.18. The fourth-order valence-corrected chi connectivity index (χ4v) is 4.04. The number of nitrogens with zero attached hydrogens (tertiary/aromatic N) is 4. The Morgan fingerprint density at radius 3 is 2.74 bits per heavy atom. The van der Waals surface area contributed by atoms with Gasteiger partial charge in [0.05, 0.1) is 24.3 Å². The highest BCUT2D eigenvalue weighted by Gasteiger charge is 2.23. The number of fused-ring (bicyclic) bond motifs is 1. The quantitative estimate of drug-likeness (QED) is 0.707. The standard InChI is InChI=1S/C18H20N6O2S/c1-12(23-6-8-27-9-7-23)17(25)22-13-2-4-14(5-3-13)24-16-15(10-21-24)18(26)20-11-19-16/h2-5,10-12H,6-9H2,1H3,(H,22,25)(H,19,20,26). The van der Waals surface area contributed by atoms with Crippen LogP contribution in [0.1, 0.15) is 6.92 Å².